The average Bonchev–Trinajstić information content (AvgIpc) is 3.37. The Hall–Kier alpha value is -3.36. The van der Waals surface area contributed by atoms with E-state index >= 15 is 0 Å². The summed E-state index contributed by atoms with van der Waals surface area (Å²) >= 11 is 0. The number of aryl methyl sites for hydroxylation is 1. The second-order valence-corrected chi connectivity index (χ2v) is 9.36. The van der Waals surface area contributed by atoms with E-state index in [9.17, 15) is 9.18 Å². The van der Waals surface area contributed by atoms with Crippen LogP contribution in [0, 0.1) is 0 Å². The minimum atomic E-state index is -0.494. The van der Waals surface area contributed by atoms with E-state index in [2.05, 4.69) is 26.9 Å². The van der Waals surface area contributed by atoms with Crippen LogP contribution in [0.25, 0.3) is 11.5 Å². The van der Waals surface area contributed by atoms with Gasteiger partial charge in [0.1, 0.15) is 0 Å². The topological polar surface area (TPSA) is 98.2 Å². The Kier molecular flexibility index (Phi) is 8.05. The van der Waals surface area contributed by atoms with Crippen LogP contribution in [0.2, 0.25) is 0 Å². The lowest BCUT2D eigenvalue weighted by Gasteiger charge is -2.23. The summed E-state index contributed by atoms with van der Waals surface area (Å²) in [5.74, 6) is 2.50. The molecule has 8 nitrogen and oxygen atoms in total. The number of anilines is 1. The molecular formula is C26H32FN5O3. The van der Waals surface area contributed by atoms with Crippen molar-refractivity contribution in [2.24, 2.45) is 0 Å². The van der Waals surface area contributed by atoms with E-state index < -0.39 is 5.83 Å². The van der Waals surface area contributed by atoms with Crippen molar-refractivity contribution in [1.29, 1.82) is 0 Å². The number of hydrogen-bond acceptors (Lipinski definition) is 7. The first-order chi connectivity index (χ1) is 16.9. The van der Waals surface area contributed by atoms with Gasteiger partial charge in [0.05, 0.1) is 5.83 Å². The molecule has 4 rings (SSSR count). The molecule has 3 aromatic rings. The van der Waals surface area contributed by atoms with Gasteiger partial charge in [-0.3, -0.25) is 4.79 Å². The van der Waals surface area contributed by atoms with E-state index in [0.717, 1.165) is 55.6 Å². The number of unbranched alkanes of at least 4 members (excludes halogenated alkanes) is 2. The maximum absolute atomic E-state index is 13.2. The van der Waals surface area contributed by atoms with E-state index in [0.29, 0.717) is 30.1 Å². The molecule has 0 bridgehead atoms. The lowest BCUT2D eigenvalue weighted by molar-refractivity contribution is -0.118. The standard InChI is InChI=1S/C26H32FN5O3/c1-17(2)25-28-22(30-34-25)10-5-4-6-15-32(23(33)14-11-18(3)27)21-9-7-8-20(16-21)26-29-24(31-35-26)19-12-13-19/h7-9,16-17,19H,3-6,10-15H2,1-2H3. The van der Waals surface area contributed by atoms with E-state index in [4.69, 9.17) is 9.05 Å². The lowest BCUT2D eigenvalue weighted by atomic mass is 10.1. The average molecular weight is 482 g/mol. The monoisotopic (exact) mass is 481 g/mol. The fourth-order valence-corrected chi connectivity index (χ4v) is 3.77. The molecule has 1 aliphatic rings. The Balaban J connectivity index is 1.39. The van der Waals surface area contributed by atoms with Gasteiger partial charge in [-0.15, -0.1) is 0 Å². The Labute approximate surface area is 204 Å². The zero-order valence-electron chi connectivity index (χ0n) is 20.4. The zero-order valence-corrected chi connectivity index (χ0v) is 20.4. The summed E-state index contributed by atoms with van der Waals surface area (Å²) in [4.78, 5) is 23.6. The van der Waals surface area contributed by atoms with E-state index in [1.165, 1.54) is 0 Å². The third kappa shape index (κ3) is 6.83. The van der Waals surface area contributed by atoms with E-state index in [1.807, 2.05) is 38.1 Å². The van der Waals surface area contributed by atoms with Gasteiger partial charge in [-0.1, -0.05) is 43.2 Å². The van der Waals surface area contributed by atoms with Crippen LogP contribution in [0.3, 0.4) is 0 Å². The maximum Gasteiger partial charge on any atom is 0.258 e. The zero-order chi connectivity index (χ0) is 24.8. The summed E-state index contributed by atoms with van der Waals surface area (Å²) in [6.45, 7) is 7.82. The summed E-state index contributed by atoms with van der Waals surface area (Å²) in [7, 11) is 0. The quantitative estimate of drug-likeness (QED) is 0.271. The fraction of sp³-hybridized carbons (Fsp3) is 0.500. The minimum absolute atomic E-state index is 0.0133. The molecule has 2 aromatic heterocycles. The number of carbonyl (C=O) groups excluding carboxylic acids is 1. The first-order valence-corrected chi connectivity index (χ1v) is 12.3. The van der Waals surface area contributed by atoms with Gasteiger partial charge >= 0.3 is 0 Å². The van der Waals surface area contributed by atoms with Crippen LogP contribution in [0.15, 0.2) is 45.7 Å². The van der Waals surface area contributed by atoms with Gasteiger partial charge < -0.3 is 13.9 Å². The van der Waals surface area contributed by atoms with Gasteiger partial charge in [0.2, 0.25) is 11.8 Å². The summed E-state index contributed by atoms with van der Waals surface area (Å²) in [5.41, 5.74) is 1.48. The number of benzene rings is 1. The summed E-state index contributed by atoms with van der Waals surface area (Å²) in [6, 6.07) is 7.49. The SMILES string of the molecule is C=C(F)CCC(=O)N(CCCCCc1noc(C(C)C)n1)c1cccc(-c2nc(C3CC3)no2)c1. The highest BCUT2D eigenvalue weighted by molar-refractivity contribution is 5.94. The van der Waals surface area contributed by atoms with Crippen LogP contribution >= 0.6 is 0 Å². The van der Waals surface area contributed by atoms with Crippen LogP contribution in [-0.4, -0.2) is 32.7 Å². The highest BCUT2D eigenvalue weighted by atomic mass is 19.1. The molecule has 0 spiro atoms. The predicted octanol–water partition coefficient (Wildman–Crippen LogP) is 6.13. The number of amides is 1. The molecule has 1 fully saturated rings. The second-order valence-electron chi connectivity index (χ2n) is 9.36. The molecule has 0 aliphatic heterocycles. The molecule has 1 amide bonds. The van der Waals surface area contributed by atoms with Crippen molar-refractivity contribution in [3.05, 3.63) is 54.2 Å². The largest absolute Gasteiger partial charge is 0.339 e. The van der Waals surface area contributed by atoms with Crippen LogP contribution in [-0.2, 0) is 11.2 Å². The second kappa shape index (κ2) is 11.4. The minimum Gasteiger partial charge on any atom is -0.339 e. The van der Waals surface area contributed by atoms with Crippen molar-refractivity contribution in [2.75, 3.05) is 11.4 Å². The molecule has 186 valence electrons. The third-order valence-electron chi connectivity index (χ3n) is 5.96. The summed E-state index contributed by atoms with van der Waals surface area (Å²) in [6.07, 6.45) is 5.53. The third-order valence-corrected chi connectivity index (χ3v) is 5.96. The van der Waals surface area contributed by atoms with E-state index in [-0.39, 0.29) is 24.7 Å². The molecule has 0 unspecified atom stereocenters. The number of nitrogens with zero attached hydrogens (tertiary/aromatic N) is 5. The Morgan fingerprint density at radius 3 is 2.69 bits per heavy atom. The van der Waals surface area contributed by atoms with Crippen molar-refractivity contribution in [1.82, 2.24) is 20.3 Å². The van der Waals surface area contributed by atoms with Gasteiger partial charge in [-0.2, -0.15) is 9.97 Å². The number of aromatic nitrogens is 4. The molecule has 0 N–H and O–H groups in total. The molecule has 0 saturated heterocycles. The first-order valence-electron chi connectivity index (χ1n) is 12.3. The van der Waals surface area contributed by atoms with Crippen LogP contribution in [0.4, 0.5) is 10.1 Å². The Morgan fingerprint density at radius 1 is 1.14 bits per heavy atom. The maximum atomic E-state index is 13.2. The molecule has 0 atom stereocenters. The molecule has 9 heteroatoms. The summed E-state index contributed by atoms with van der Waals surface area (Å²) in [5, 5.41) is 8.11. The molecule has 35 heavy (non-hydrogen) atoms. The van der Waals surface area contributed by atoms with Gasteiger partial charge in [-0.05, 0) is 43.9 Å². The van der Waals surface area contributed by atoms with Gasteiger partial charge in [0.15, 0.2) is 11.6 Å². The van der Waals surface area contributed by atoms with Gasteiger partial charge in [0, 0.05) is 48.9 Å². The number of hydrogen-bond donors (Lipinski definition) is 0. The molecular weight excluding hydrogens is 449 g/mol. The number of halogens is 1. The number of carbonyl (C=O) groups is 1. The molecule has 0 radical (unpaired) electrons. The highest BCUT2D eigenvalue weighted by Crippen LogP contribution is 2.39. The number of rotatable bonds is 13. The highest BCUT2D eigenvalue weighted by Gasteiger charge is 2.29. The number of allylic oxidation sites excluding steroid dienone is 1. The molecule has 2 heterocycles. The van der Waals surface area contributed by atoms with Crippen LogP contribution in [0.5, 0.6) is 0 Å². The van der Waals surface area contributed by atoms with Gasteiger partial charge in [-0.25, -0.2) is 4.39 Å². The Morgan fingerprint density at radius 2 is 1.97 bits per heavy atom. The Bertz CT molecular complexity index is 1150. The van der Waals surface area contributed by atoms with E-state index in [1.54, 1.807) is 4.90 Å². The van der Waals surface area contributed by atoms with Crippen molar-refractivity contribution in [3.63, 3.8) is 0 Å². The lowest BCUT2D eigenvalue weighted by Crippen LogP contribution is -2.31. The van der Waals surface area contributed by atoms with Crippen molar-refractivity contribution >= 4 is 11.6 Å². The van der Waals surface area contributed by atoms with Crippen molar-refractivity contribution in [2.45, 2.75) is 77.0 Å². The van der Waals surface area contributed by atoms with Crippen molar-refractivity contribution < 1.29 is 18.2 Å². The summed E-state index contributed by atoms with van der Waals surface area (Å²) < 4.78 is 23.9. The molecule has 1 aromatic carbocycles. The van der Waals surface area contributed by atoms with Gasteiger partial charge in [0.25, 0.3) is 5.89 Å². The normalized spacial score (nSPS) is 13.4. The van der Waals surface area contributed by atoms with Crippen LogP contribution in [0.1, 0.15) is 88.2 Å². The fourth-order valence-electron chi connectivity index (χ4n) is 3.77. The first kappa shape index (κ1) is 24.8. The van der Waals surface area contributed by atoms with Crippen molar-refractivity contribution in [3.8, 4) is 11.5 Å². The smallest absolute Gasteiger partial charge is 0.258 e. The van der Waals surface area contributed by atoms with Crippen LogP contribution < -0.4 is 4.90 Å². The molecule has 1 aliphatic carbocycles. The predicted molar refractivity (Wildman–Crippen MR) is 129 cm³/mol. The molecule has 1 saturated carbocycles.